The SMILES string of the molecule is CCc1nccn1-c1ccccc1N=C(N)CCl. The fraction of sp³-hybridized carbons (Fsp3) is 0.231. The van der Waals surface area contributed by atoms with Crippen molar-refractivity contribution in [1.82, 2.24) is 9.55 Å². The Kier molecular flexibility index (Phi) is 3.99. The molecular formula is C13H15ClN4. The molecule has 1 heterocycles. The Labute approximate surface area is 111 Å². The molecule has 0 saturated heterocycles. The van der Waals surface area contributed by atoms with E-state index in [0.717, 1.165) is 23.6 Å². The van der Waals surface area contributed by atoms with Crippen LogP contribution in [0.5, 0.6) is 0 Å². The lowest BCUT2D eigenvalue weighted by molar-refractivity contribution is 0.891. The maximum absolute atomic E-state index is 5.69. The van der Waals surface area contributed by atoms with Crippen LogP contribution in [0.25, 0.3) is 5.69 Å². The van der Waals surface area contributed by atoms with Gasteiger partial charge in [-0.1, -0.05) is 19.1 Å². The second-order valence-electron chi connectivity index (χ2n) is 3.79. The fourth-order valence-electron chi connectivity index (χ4n) is 1.76. The van der Waals surface area contributed by atoms with Gasteiger partial charge in [0, 0.05) is 18.8 Å². The smallest absolute Gasteiger partial charge is 0.115 e. The second kappa shape index (κ2) is 5.69. The summed E-state index contributed by atoms with van der Waals surface area (Å²) in [5, 5.41) is 0. The Hall–Kier alpha value is -1.81. The molecule has 0 bridgehead atoms. The van der Waals surface area contributed by atoms with Gasteiger partial charge in [-0.15, -0.1) is 11.6 Å². The van der Waals surface area contributed by atoms with E-state index in [1.54, 1.807) is 6.20 Å². The van der Waals surface area contributed by atoms with Crippen molar-refractivity contribution in [2.75, 3.05) is 5.88 Å². The lowest BCUT2D eigenvalue weighted by atomic mass is 10.2. The molecule has 2 rings (SSSR count). The molecule has 18 heavy (non-hydrogen) atoms. The van der Waals surface area contributed by atoms with Crippen LogP contribution in [0.15, 0.2) is 41.7 Å². The number of nitrogens with zero attached hydrogens (tertiary/aromatic N) is 3. The minimum Gasteiger partial charge on any atom is -0.386 e. The Morgan fingerprint density at radius 3 is 2.94 bits per heavy atom. The van der Waals surface area contributed by atoms with E-state index in [1.807, 2.05) is 35.0 Å². The summed E-state index contributed by atoms with van der Waals surface area (Å²) in [5.41, 5.74) is 7.44. The van der Waals surface area contributed by atoms with Gasteiger partial charge in [0.15, 0.2) is 0 Å². The van der Waals surface area contributed by atoms with Gasteiger partial charge in [-0.05, 0) is 12.1 Å². The van der Waals surface area contributed by atoms with Gasteiger partial charge < -0.3 is 10.3 Å². The minimum absolute atomic E-state index is 0.221. The maximum atomic E-state index is 5.69. The standard InChI is InChI=1S/C13H15ClN4/c1-2-13-16-7-8-18(13)11-6-4-3-5-10(11)17-12(15)9-14/h3-8H,2,9H2,1H3,(H2,15,17). The van der Waals surface area contributed by atoms with Crippen molar-refractivity contribution in [2.45, 2.75) is 13.3 Å². The molecule has 0 amide bonds. The highest BCUT2D eigenvalue weighted by molar-refractivity contribution is 6.28. The number of rotatable bonds is 4. The molecule has 0 unspecified atom stereocenters. The molecule has 94 valence electrons. The number of para-hydroxylation sites is 2. The lowest BCUT2D eigenvalue weighted by Crippen LogP contribution is -2.12. The zero-order chi connectivity index (χ0) is 13.0. The van der Waals surface area contributed by atoms with E-state index in [4.69, 9.17) is 17.3 Å². The molecule has 1 aromatic heterocycles. The van der Waals surface area contributed by atoms with E-state index < -0.39 is 0 Å². The Morgan fingerprint density at radius 1 is 1.44 bits per heavy atom. The number of hydrogen-bond acceptors (Lipinski definition) is 2. The van der Waals surface area contributed by atoms with E-state index in [-0.39, 0.29) is 5.88 Å². The lowest BCUT2D eigenvalue weighted by Gasteiger charge is -2.09. The molecule has 0 fully saturated rings. The number of aliphatic imine (C=N–C) groups is 1. The predicted molar refractivity (Wildman–Crippen MR) is 74.9 cm³/mol. The van der Waals surface area contributed by atoms with E-state index in [0.29, 0.717) is 5.84 Å². The molecule has 5 heteroatoms. The molecule has 0 aliphatic rings. The number of aromatic nitrogens is 2. The summed E-state index contributed by atoms with van der Waals surface area (Å²) < 4.78 is 2.01. The van der Waals surface area contributed by atoms with Crippen molar-refractivity contribution in [3.63, 3.8) is 0 Å². The van der Waals surface area contributed by atoms with Gasteiger partial charge >= 0.3 is 0 Å². The first-order chi connectivity index (χ1) is 8.76. The molecule has 0 saturated carbocycles. The summed E-state index contributed by atoms with van der Waals surface area (Å²) >= 11 is 5.66. The first kappa shape index (κ1) is 12.6. The molecule has 0 atom stereocenters. The average Bonchev–Trinajstić information content (AvgIpc) is 2.87. The zero-order valence-electron chi connectivity index (χ0n) is 10.2. The third kappa shape index (κ3) is 2.54. The number of alkyl halides is 1. The largest absolute Gasteiger partial charge is 0.386 e. The van der Waals surface area contributed by atoms with Crippen molar-refractivity contribution < 1.29 is 0 Å². The molecule has 0 radical (unpaired) electrons. The highest BCUT2D eigenvalue weighted by Gasteiger charge is 2.07. The summed E-state index contributed by atoms with van der Waals surface area (Å²) in [7, 11) is 0. The first-order valence-electron chi connectivity index (χ1n) is 5.77. The number of amidine groups is 1. The number of aryl methyl sites for hydroxylation is 1. The number of hydrogen-bond donors (Lipinski definition) is 1. The van der Waals surface area contributed by atoms with Crippen LogP contribution < -0.4 is 5.73 Å². The van der Waals surface area contributed by atoms with Crippen LogP contribution in [0.4, 0.5) is 5.69 Å². The summed E-state index contributed by atoms with van der Waals surface area (Å²) in [6, 6.07) is 7.78. The molecule has 0 spiro atoms. The number of imidazole rings is 1. The Balaban J connectivity index is 2.52. The second-order valence-corrected chi connectivity index (χ2v) is 4.06. The van der Waals surface area contributed by atoms with Crippen LogP contribution in [-0.2, 0) is 6.42 Å². The quantitative estimate of drug-likeness (QED) is 0.523. The highest BCUT2D eigenvalue weighted by atomic mass is 35.5. The van der Waals surface area contributed by atoms with E-state index in [9.17, 15) is 0 Å². The molecule has 2 aromatic rings. The zero-order valence-corrected chi connectivity index (χ0v) is 10.9. The average molecular weight is 263 g/mol. The van der Waals surface area contributed by atoms with Gasteiger partial charge in [0.25, 0.3) is 0 Å². The summed E-state index contributed by atoms with van der Waals surface area (Å²) in [4.78, 5) is 8.63. The van der Waals surface area contributed by atoms with Gasteiger partial charge in [0.1, 0.15) is 11.7 Å². The van der Waals surface area contributed by atoms with Crippen molar-refractivity contribution in [1.29, 1.82) is 0 Å². The van der Waals surface area contributed by atoms with Crippen LogP contribution in [0, 0.1) is 0 Å². The van der Waals surface area contributed by atoms with Crippen LogP contribution in [0.1, 0.15) is 12.7 Å². The first-order valence-corrected chi connectivity index (χ1v) is 6.30. The third-order valence-electron chi connectivity index (χ3n) is 2.58. The van der Waals surface area contributed by atoms with Gasteiger partial charge in [0.2, 0.25) is 0 Å². The maximum Gasteiger partial charge on any atom is 0.115 e. The van der Waals surface area contributed by atoms with Gasteiger partial charge in [-0.2, -0.15) is 0 Å². The molecular weight excluding hydrogens is 248 g/mol. The van der Waals surface area contributed by atoms with E-state index in [1.165, 1.54) is 0 Å². The minimum atomic E-state index is 0.221. The van der Waals surface area contributed by atoms with Crippen molar-refractivity contribution in [3.8, 4) is 5.69 Å². The van der Waals surface area contributed by atoms with Crippen molar-refractivity contribution in [2.24, 2.45) is 10.7 Å². The van der Waals surface area contributed by atoms with Gasteiger partial charge in [-0.3, -0.25) is 0 Å². The van der Waals surface area contributed by atoms with Crippen LogP contribution in [0.3, 0.4) is 0 Å². The fourth-order valence-corrected chi connectivity index (χ4v) is 1.82. The van der Waals surface area contributed by atoms with Gasteiger partial charge in [-0.25, -0.2) is 9.98 Å². The Morgan fingerprint density at radius 2 is 2.22 bits per heavy atom. The molecule has 0 aliphatic heterocycles. The normalized spacial score (nSPS) is 11.8. The van der Waals surface area contributed by atoms with Crippen molar-refractivity contribution >= 4 is 23.1 Å². The summed E-state index contributed by atoms with van der Waals surface area (Å²) in [5.74, 6) is 1.61. The number of nitrogens with two attached hydrogens (primary N) is 1. The highest BCUT2D eigenvalue weighted by Crippen LogP contribution is 2.24. The molecule has 4 nitrogen and oxygen atoms in total. The third-order valence-corrected chi connectivity index (χ3v) is 2.85. The van der Waals surface area contributed by atoms with Crippen LogP contribution in [-0.4, -0.2) is 21.3 Å². The van der Waals surface area contributed by atoms with Crippen LogP contribution in [0.2, 0.25) is 0 Å². The summed E-state index contributed by atoms with van der Waals surface area (Å²) in [6.45, 7) is 2.07. The van der Waals surface area contributed by atoms with E-state index >= 15 is 0 Å². The topological polar surface area (TPSA) is 56.2 Å². The molecule has 0 aliphatic carbocycles. The number of benzene rings is 1. The Bertz CT molecular complexity index is 560. The predicted octanol–water partition coefficient (Wildman–Crippen LogP) is 2.66. The van der Waals surface area contributed by atoms with Crippen LogP contribution >= 0.6 is 11.6 Å². The molecule has 1 aromatic carbocycles. The van der Waals surface area contributed by atoms with Gasteiger partial charge in [0.05, 0.1) is 17.3 Å². The van der Waals surface area contributed by atoms with Crippen molar-refractivity contribution in [3.05, 3.63) is 42.5 Å². The molecule has 2 N–H and O–H groups in total. The summed E-state index contributed by atoms with van der Waals surface area (Å²) in [6.07, 6.45) is 4.56. The monoisotopic (exact) mass is 262 g/mol. The van der Waals surface area contributed by atoms with E-state index in [2.05, 4.69) is 16.9 Å². The number of halogens is 1.